The number of hydrogen-bond donors (Lipinski definition) is 2. The zero-order valence-electron chi connectivity index (χ0n) is 9.23. The Bertz CT molecular complexity index is 248. The summed E-state index contributed by atoms with van der Waals surface area (Å²) in [6.07, 6.45) is 6.07. The minimum Gasteiger partial charge on any atom is -0.327 e. The number of rotatable bonds is 7. The molecular formula is C13H21NS. The van der Waals surface area contributed by atoms with Crippen molar-refractivity contribution in [1.82, 2.24) is 0 Å². The van der Waals surface area contributed by atoms with Gasteiger partial charge in [-0.05, 0) is 24.8 Å². The Morgan fingerprint density at radius 3 is 2.47 bits per heavy atom. The Labute approximate surface area is 98.5 Å². The van der Waals surface area contributed by atoms with Crippen LogP contribution in [0.1, 0.15) is 31.2 Å². The molecule has 0 unspecified atom stereocenters. The van der Waals surface area contributed by atoms with Gasteiger partial charge in [-0.3, -0.25) is 0 Å². The van der Waals surface area contributed by atoms with Gasteiger partial charge in [0.15, 0.2) is 0 Å². The Morgan fingerprint density at radius 2 is 1.80 bits per heavy atom. The Balaban J connectivity index is 2.03. The van der Waals surface area contributed by atoms with Crippen molar-refractivity contribution in [3.8, 4) is 0 Å². The van der Waals surface area contributed by atoms with Gasteiger partial charge < -0.3 is 5.73 Å². The van der Waals surface area contributed by atoms with Crippen LogP contribution in [-0.4, -0.2) is 11.8 Å². The van der Waals surface area contributed by atoms with Crippen molar-refractivity contribution in [1.29, 1.82) is 0 Å². The summed E-state index contributed by atoms with van der Waals surface area (Å²) in [5, 5.41) is 0. The van der Waals surface area contributed by atoms with Crippen molar-refractivity contribution < 1.29 is 0 Å². The zero-order valence-corrected chi connectivity index (χ0v) is 10.1. The first-order valence-electron chi connectivity index (χ1n) is 5.73. The number of aryl methyl sites for hydroxylation is 1. The molecule has 15 heavy (non-hydrogen) atoms. The van der Waals surface area contributed by atoms with Gasteiger partial charge in [0.2, 0.25) is 0 Å². The average molecular weight is 223 g/mol. The van der Waals surface area contributed by atoms with Gasteiger partial charge in [-0.1, -0.05) is 43.2 Å². The summed E-state index contributed by atoms with van der Waals surface area (Å²) >= 11 is 4.17. The Kier molecular flexibility index (Phi) is 6.53. The van der Waals surface area contributed by atoms with Crippen molar-refractivity contribution in [3.63, 3.8) is 0 Å². The molecule has 0 spiro atoms. The van der Waals surface area contributed by atoms with E-state index < -0.39 is 0 Å². The van der Waals surface area contributed by atoms with Crippen LogP contribution in [0.15, 0.2) is 30.3 Å². The van der Waals surface area contributed by atoms with Crippen LogP contribution in [0.25, 0.3) is 0 Å². The molecule has 0 aliphatic carbocycles. The molecule has 0 radical (unpaired) electrons. The van der Waals surface area contributed by atoms with E-state index in [4.69, 9.17) is 5.73 Å². The van der Waals surface area contributed by atoms with Gasteiger partial charge in [-0.25, -0.2) is 0 Å². The van der Waals surface area contributed by atoms with Crippen LogP contribution in [-0.2, 0) is 6.42 Å². The van der Waals surface area contributed by atoms with Gasteiger partial charge in [-0.15, -0.1) is 0 Å². The third kappa shape index (κ3) is 5.85. The minimum atomic E-state index is 0.282. The first kappa shape index (κ1) is 12.6. The van der Waals surface area contributed by atoms with E-state index in [1.807, 2.05) is 0 Å². The first-order valence-corrected chi connectivity index (χ1v) is 6.36. The van der Waals surface area contributed by atoms with Gasteiger partial charge in [0.25, 0.3) is 0 Å². The van der Waals surface area contributed by atoms with Crippen molar-refractivity contribution in [2.75, 3.05) is 5.75 Å². The van der Waals surface area contributed by atoms with Crippen LogP contribution in [0.2, 0.25) is 0 Å². The Morgan fingerprint density at radius 1 is 1.07 bits per heavy atom. The highest BCUT2D eigenvalue weighted by Gasteiger charge is 1.98. The van der Waals surface area contributed by atoms with Crippen molar-refractivity contribution in [3.05, 3.63) is 35.9 Å². The summed E-state index contributed by atoms with van der Waals surface area (Å²) in [5.74, 6) is 0.804. The molecule has 0 amide bonds. The van der Waals surface area contributed by atoms with E-state index in [-0.39, 0.29) is 6.04 Å². The quantitative estimate of drug-likeness (QED) is 0.539. The highest BCUT2D eigenvalue weighted by molar-refractivity contribution is 7.80. The number of benzene rings is 1. The molecule has 1 rings (SSSR count). The van der Waals surface area contributed by atoms with E-state index in [1.165, 1.54) is 31.2 Å². The fourth-order valence-electron chi connectivity index (χ4n) is 1.65. The maximum absolute atomic E-state index is 5.79. The topological polar surface area (TPSA) is 26.0 Å². The Hall–Kier alpha value is -0.470. The van der Waals surface area contributed by atoms with Crippen molar-refractivity contribution in [2.45, 2.75) is 38.1 Å². The fraction of sp³-hybridized carbons (Fsp3) is 0.538. The third-order valence-electron chi connectivity index (χ3n) is 2.62. The number of nitrogens with two attached hydrogens (primary N) is 1. The average Bonchev–Trinajstić information content (AvgIpc) is 2.29. The molecule has 1 atom stereocenters. The van der Waals surface area contributed by atoms with Gasteiger partial charge >= 0.3 is 0 Å². The second-order valence-electron chi connectivity index (χ2n) is 4.03. The van der Waals surface area contributed by atoms with E-state index in [0.29, 0.717) is 0 Å². The summed E-state index contributed by atoms with van der Waals surface area (Å²) in [6.45, 7) is 0. The maximum Gasteiger partial charge on any atom is 0.0127 e. The highest BCUT2D eigenvalue weighted by atomic mass is 32.1. The highest BCUT2D eigenvalue weighted by Crippen LogP contribution is 2.08. The van der Waals surface area contributed by atoms with E-state index in [2.05, 4.69) is 43.0 Å². The summed E-state index contributed by atoms with van der Waals surface area (Å²) in [4.78, 5) is 0. The minimum absolute atomic E-state index is 0.282. The molecule has 1 nitrogen and oxygen atoms in total. The molecule has 1 aromatic rings. The smallest absolute Gasteiger partial charge is 0.0127 e. The van der Waals surface area contributed by atoms with Crippen LogP contribution in [0.5, 0.6) is 0 Å². The summed E-state index contributed by atoms with van der Waals surface area (Å²) in [5.41, 5.74) is 7.23. The predicted octanol–water partition coefficient (Wildman–Crippen LogP) is 3.05. The lowest BCUT2D eigenvalue weighted by Crippen LogP contribution is -2.21. The normalized spacial score (nSPS) is 12.7. The lowest BCUT2D eigenvalue weighted by molar-refractivity contribution is 0.584. The predicted molar refractivity (Wildman–Crippen MR) is 70.4 cm³/mol. The molecular weight excluding hydrogens is 202 g/mol. The number of thiol groups is 1. The molecule has 0 bridgehead atoms. The summed E-state index contributed by atoms with van der Waals surface area (Å²) < 4.78 is 0. The molecule has 0 saturated carbocycles. The van der Waals surface area contributed by atoms with E-state index >= 15 is 0 Å². The monoisotopic (exact) mass is 223 g/mol. The SMILES string of the molecule is N[C@@H](CS)CCCCCc1ccccc1. The van der Waals surface area contributed by atoms with Gasteiger partial charge in [-0.2, -0.15) is 12.6 Å². The second-order valence-corrected chi connectivity index (χ2v) is 4.39. The molecule has 84 valence electrons. The molecule has 1 aromatic carbocycles. The van der Waals surface area contributed by atoms with E-state index in [9.17, 15) is 0 Å². The van der Waals surface area contributed by atoms with Crippen LogP contribution in [0.3, 0.4) is 0 Å². The summed E-state index contributed by atoms with van der Waals surface area (Å²) in [6, 6.07) is 10.9. The fourth-order valence-corrected chi connectivity index (χ4v) is 1.83. The van der Waals surface area contributed by atoms with Crippen LogP contribution in [0, 0.1) is 0 Å². The molecule has 2 heteroatoms. The second kappa shape index (κ2) is 7.77. The molecule has 0 aromatic heterocycles. The van der Waals surface area contributed by atoms with E-state index in [0.717, 1.165) is 12.2 Å². The van der Waals surface area contributed by atoms with Crippen LogP contribution >= 0.6 is 12.6 Å². The van der Waals surface area contributed by atoms with Gasteiger partial charge in [0.05, 0.1) is 0 Å². The van der Waals surface area contributed by atoms with Crippen LogP contribution in [0.4, 0.5) is 0 Å². The lowest BCUT2D eigenvalue weighted by Gasteiger charge is -2.07. The van der Waals surface area contributed by atoms with E-state index in [1.54, 1.807) is 0 Å². The third-order valence-corrected chi connectivity index (χ3v) is 3.09. The van der Waals surface area contributed by atoms with Crippen molar-refractivity contribution >= 4 is 12.6 Å². The lowest BCUT2D eigenvalue weighted by atomic mass is 10.0. The molecule has 0 saturated heterocycles. The zero-order chi connectivity index (χ0) is 10.9. The molecule has 2 N–H and O–H groups in total. The van der Waals surface area contributed by atoms with Gasteiger partial charge in [0, 0.05) is 11.8 Å². The molecule has 0 aliphatic heterocycles. The largest absolute Gasteiger partial charge is 0.327 e. The maximum atomic E-state index is 5.79. The number of hydrogen-bond acceptors (Lipinski definition) is 2. The number of unbranched alkanes of at least 4 members (excludes halogenated alkanes) is 2. The van der Waals surface area contributed by atoms with Crippen molar-refractivity contribution in [2.24, 2.45) is 5.73 Å². The molecule has 0 aliphatic rings. The molecule has 0 fully saturated rings. The standard InChI is InChI=1S/C13H21NS/c14-13(11-15)10-6-2-5-9-12-7-3-1-4-8-12/h1,3-4,7-8,13,15H,2,5-6,9-11,14H2/t13-/m1/s1. The molecule has 0 heterocycles. The first-order chi connectivity index (χ1) is 7.33. The summed E-state index contributed by atoms with van der Waals surface area (Å²) in [7, 11) is 0. The van der Waals surface area contributed by atoms with Gasteiger partial charge in [0.1, 0.15) is 0 Å². The van der Waals surface area contributed by atoms with Crippen LogP contribution < -0.4 is 5.73 Å².